The lowest BCUT2D eigenvalue weighted by atomic mass is 10.2. The SMILES string of the molecule is OC(Cc1nc(-c2ccsc2)no1)C(F)F. The molecule has 0 aliphatic carbocycles. The fourth-order valence-electron chi connectivity index (χ4n) is 1.11. The van der Waals surface area contributed by atoms with Gasteiger partial charge in [0.1, 0.15) is 6.10 Å². The monoisotopic (exact) mass is 246 g/mol. The van der Waals surface area contributed by atoms with Gasteiger partial charge in [-0.05, 0) is 11.4 Å². The molecule has 16 heavy (non-hydrogen) atoms. The van der Waals surface area contributed by atoms with E-state index in [0.29, 0.717) is 5.82 Å². The van der Waals surface area contributed by atoms with Crippen molar-refractivity contribution in [1.29, 1.82) is 0 Å². The quantitative estimate of drug-likeness (QED) is 0.896. The van der Waals surface area contributed by atoms with Crippen molar-refractivity contribution in [3.05, 3.63) is 22.7 Å². The second kappa shape index (κ2) is 4.67. The highest BCUT2D eigenvalue weighted by atomic mass is 32.1. The average molecular weight is 246 g/mol. The third-order valence-electron chi connectivity index (χ3n) is 1.92. The van der Waals surface area contributed by atoms with E-state index in [1.54, 1.807) is 6.07 Å². The lowest BCUT2D eigenvalue weighted by Crippen LogP contribution is -2.20. The van der Waals surface area contributed by atoms with Gasteiger partial charge < -0.3 is 9.63 Å². The Morgan fingerprint density at radius 3 is 2.94 bits per heavy atom. The molecule has 0 saturated carbocycles. The number of rotatable bonds is 4. The van der Waals surface area contributed by atoms with E-state index in [4.69, 9.17) is 9.63 Å². The molecule has 0 saturated heterocycles. The summed E-state index contributed by atoms with van der Waals surface area (Å²) in [7, 11) is 0. The summed E-state index contributed by atoms with van der Waals surface area (Å²) in [6.07, 6.45) is -4.92. The van der Waals surface area contributed by atoms with E-state index in [-0.39, 0.29) is 12.3 Å². The van der Waals surface area contributed by atoms with Crippen LogP contribution in [0.3, 0.4) is 0 Å². The van der Waals surface area contributed by atoms with Crippen LogP contribution in [-0.4, -0.2) is 27.8 Å². The Labute approximate surface area is 93.5 Å². The van der Waals surface area contributed by atoms with E-state index in [1.165, 1.54) is 11.3 Å². The van der Waals surface area contributed by atoms with E-state index in [1.807, 2.05) is 10.8 Å². The van der Waals surface area contributed by atoms with E-state index >= 15 is 0 Å². The molecule has 0 aliphatic rings. The Bertz CT molecular complexity index is 444. The molecule has 4 nitrogen and oxygen atoms in total. The van der Waals surface area contributed by atoms with Crippen LogP contribution in [0.4, 0.5) is 8.78 Å². The minimum atomic E-state index is -2.81. The first-order valence-corrected chi connectivity index (χ1v) is 5.42. The van der Waals surface area contributed by atoms with Crippen LogP contribution in [0.25, 0.3) is 11.4 Å². The first kappa shape index (κ1) is 11.2. The Morgan fingerprint density at radius 2 is 2.31 bits per heavy atom. The molecule has 1 atom stereocenters. The lowest BCUT2D eigenvalue weighted by molar-refractivity contribution is -0.00754. The van der Waals surface area contributed by atoms with Gasteiger partial charge in [-0.25, -0.2) is 8.78 Å². The van der Waals surface area contributed by atoms with Gasteiger partial charge >= 0.3 is 0 Å². The number of hydrogen-bond donors (Lipinski definition) is 1. The molecule has 0 aromatic carbocycles. The molecule has 0 fully saturated rings. The van der Waals surface area contributed by atoms with Gasteiger partial charge in [0.25, 0.3) is 6.43 Å². The summed E-state index contributed by atoms with van der Waals surface area (Å²) in [6.45, 7) is 0. The minimum absolute atomic E-state index is 0.00833. The Balaban J connectivity index is 2.08. The summed E-state index contributed by atoms with van der Waals surface area (Å²) in [6, 6.07) is 1.79. The van der Waals surface area contributed by atoms with Crippen LogP contribution in [0.5, 0.6) is 0 Å². The third kappa shape index (κ3) is 2.42. The summed E-state index contributed by atoms with van der Waals surface area (Å²) < 4.78 is 28.9. The second-order valence-electron chi connectivity index (χ2n) is 3.13. The maximum absolute atomic E-state index is 12.1. The zero-order valence-corrected chi connectivity index (χ0v) is 8.82. The summed E-state index contributed by atoms with van der Waals surface area (Å²) >= 11 is 1.47. The zero-order chi connectivity index (χ0) is 11.5. The van der Waals surface area contributed by atoms with Crippen molar-refractivity contribution in [3.63, 3.8) is 0 Å². The molecule has 0 aliphatic heterocycles. The van der Waals surface area contributed by atoms with Crippen LogP contribution in [0, 0.1) is 0 Å². The minimum Gasteiger partial charge on any atom is -0.387 e. The number of halogens is 2. The largest absolute Gasteiger partial charge is 0.387 e. The van der Waals surface area contributed by atoms with Gasteiger partial charge in [0.2, 0.25) is 11.7 Å². The van der Waals surface area contributed by atoms with Crippen LogP contribution < -0.4 is 0 Å². The topological polar surface area (TPSA) is 59.2 Å². The number of aliphatic hydroxyl groups excluding tert-OH is 1. The van der Waals surface area contributed by atoms with Crippen molar-refractivity contribution >= 4 is 11.3 Å². The highest BCUT2D eigenvalue weighted by molar-refractivity contribution is 7.08. The molecule has 1 N–H and O–H groups in total. The molecule has 2 aromatic rings. The predicted octanol–water partition coefficient (Wildman–Crippen LogP) is 1.97. The standard InChI is InChI=1S/C9H8F2N2O2S/c10-8(11)6(14)3-7-12-9(13-15-7)5-1-2-16-4-5/h1-2,4,6,8,14H,3H2. The van der Waals surface area contributed by atoms with Crippen molar-refractivity contribution in [2.45, 2.75) is 19.0 Å². The van der Waals surface area contributed by atoms with Crippen molar-refractivity contribution in [3.8, 4) is 11.4 Å². The fourth-order valence-corrected chi connectivity index (χ4v) is 1.75. The summed E-state index contributed by atoms with van der Waals surface area (Å²) in [5.74, 6) is 0.353. The van der Waals surface area contributed by atoms with Crippen molar-refractivity contribution in [2.24, 2.45) is 0 Å². The van der Waals surface area contributed by atoms with E-state index in [2.05, 4.69) is 10.1 Å². The number of aliphatic hydroxyl groups is 1. The number of nitrogens with zero attached hydrogens (tertiary/aromatic N) is 2. The number of alkyl halides is 2. The first-order chi connectivity index (χ1) is 7.66. The van der Waals surface area contributed by atoms with Gasteiger partial charge in [-0.2, -0.15) is 16.3 Å². The molecule has 0 radical (unpaired) electrons. The fraction of sp³-hybridized carbons (Fsp3) is 0.333. The van der Waals surface area contributed by atoms with Crippen LogP contribution in [0.2, 0.25) is 0 Å². The molecule has 0 spiro atoms. The van der Waals surface area contributed by atoms with Gasteiger partial charge in [0.05, 0.1) is 6.42 Å². The predicted molar refractivity (Wildman–Crippen MR) is 53.3 cm³/mol. The first-order valence-electron chi connectivity index (χ1n) is 4.48. The average Bonchev–Trinajstić information content (AvgIpc) is 2.85. The van der Waals surface area contributed by atoms with Gasteiger partial charge in [-0.3, -0.25) is 0 Å². The van der Waals surface area contributed by atoms with Gasteiger partial charge in [-0.15, -0.1) is 0 Å². The number of aromatic nitrogens is 2. The molecule has 86 valence electrons. The van der Waals surface area contributed by atoms with E-state index in [9.17, 15) is 8.78 Å². The van der Waals surface area contributed by atoms with Crippen molar-refractivity contribution in [1.82, 2.24) is 10.1 Å². The molecular formula is C9H8F2N2O2S. The van der Waals surface area contributed by atoms with Crippen LogP contribution in [0.1, 0.15) is 5.89 Å². The molecule has 1 unspecified atom stereocenters. The highest BCUT2D eigenvalue weighted by Crippen LogP contribution is 2.19. The number of hydrogen-bond acceptors (Lipinski definition) is 5. The van der Waals surface area contributed by atoms with Crippen LogP contribution >= 0.6 is 11.3 Å². The Kier molecular flexibility index (Phi) is 3.25. The molecule has 0 amide bonds. The van der Waals surface area contributed by atoms with Crippen molar-refractivity contribution < 1.29 is 18.4 Å². The normalized spacial score (nSPS) is 13.2. The molecule has 2 rings (SSSR count). The van der Waals surface area contributed by atoms with Gasteiger partial charge in [-0.1, -0.05) is 5.16 Å². The van der Waals surface area contributed by atoms with E-state index < -0.39 is 12.5 Å². The van der Waals surface area contributed by atoms with Crippen LogP contribution in [0.15, 0.2) is 21.3 Å². The highest BCUT2D eigenvalue weighted by Gasteiger charge is 2.21. The van der Waals surface area contributed by atoms with E-state index in [0.717, 1.165) is 5.56 Å². The molecule has 2 heterocycles. The summed E-state index contributed by atoms with van der Waals surface area (Å²) in [5, 5.41) is 16.2. The van der Waals surface area contributed by atoms with Gasteiger partial charge in [0.15, 0.2) is 0 Å². The van der Waals surface area contributed by atoms with Gasteiger partial charge in [0, 0.05) is 10.9 Å². The molecule has 2 aromatic heterocycles. The smallest absolute Gasteiger partial charge is 0.264 e. The second-order valence-corrected chi connectivity index (χ2v) is 3.91. The van der Waals surface area contributed by atoms with Crippen LogP contribution in [-0.2, 0) is 6.42 Å². The molecule has 0 bridgehead atoms. The third-order valence-corrected chi connectivity index (χ3v) is 2.61. The lowest BCUT2D eigenvalue weighted by Gasteiger charge is -2.04. The maximum atomic E-state index is 12.1. The number of thiophene rings is 1. The Hall–Kier alpha value is -1.34. The summed E-state index contributed by atoms with van der Waals surface area (Å²) in [5.41, 5.74) is 0.770. The zero-order valence-electron chi connectivity index (χ0n) is 8.01. The van der Waals surface area contributed by atoms with Crippen molar-refractivity contribution in [2.75, 3.05) is 0 Å². The summed E-state index contributed by atoms with van der Waals surface area (Å²) in [4.78, 5) is 3.91. The Morgan fingerprint density at radius 1 is 1.50 bits per heavy atom. The maximum Gasteiger partial charge on any atom is 0.264 e. The molecular weight excluding hydrogens is 238 g/mol. The molecule has 7 heteroatoms.